The van der Waals surface area contributed by atoms with Crippen molar-refractivity contribution in [2.45, 2.75) is 6.92 Å². The molecule has 0 amide bonds. The Morgan fingerprint density at radius 3 is 2.70 bits per heavy atom. The molecule has 0 aliphatic rings. The highest BCUT2D eigenvalue weighted by Gasteiger charge is 1.95. The molecule has 1 rings (SSSR count). The summed E-state index contributed by atoms with van der Waals surface area (Å²) < 4.78 is 0. The molecule has 1 aromatic carbocycles. The molecule has 10 heavy (non-hydrogen) atoms. The molecule has 2 heteroatoms. The molecule has 0 aromatic heterocycles. The highest BCUT2D eigenvalue weighted by molar-refractivity contribution is 5.49. The van der Waals surface area contributed by atoms with Gasteiger partial charge in [-0.15, -0.1) is 0 Å². The lowest BCUT2D eigenvalue weighted by Gasteiger charge is -2.00. The van der Waals surface area contributed by atoms with Crippen LogP contribution in [0.4, 0.5) is 5.69 Å². The van der Waals surface area contributed by atoms with Gasteiger partial charge in [0.1, 0.15) is 5.75 Å². The van der Waals surface area contributed by atoms with Crippen molar-refractivity contribution in [2.75, 3.05) is 6.54 Å². The molecule has 0 saturated carbocycles. The molecule has 0 fully saturated rings. The number of hydrogen-bond donors (Lipinski definition) is 1. The Kier molecular flexibility index (Phi) is 2.15. The molecule has 0 aliphatic carbocycles. The molecule has 1 N–H and O–H groups in total. The van der Waals surface area contributed by atoms with Gasteiger partial charge in [0.05, 0.1) is 5.69 Å². The fourth-order valence-electron chi connectivity index (χ4n) is 0.768. The molecule has 0 saturated heterocycles. The van der Waals surface area contributed by atoms with E-state index in [2.05, 4.69) is 5.32 Å². The van der Waals surface area contributed by atoms with Gasteiger partial charge in [-0.3, -0.25) is 5.32 Å². The van der Waals surface area contributed by atoms with Crippen LogP contribution >= 0.6 is 0 Å². The first kappa shape index (κ1) is 6.93. The Hall–Kier alpha value is -1.18. The summed E-state index contributed by atoms with van der Waals surface area (Å²) in [7, 11) is 0. The lowest BCUT2D eigenvalue weighted by molar-refractivity contribution is 0.473. The number of phenolic OH excluding ortho intramolecular Hbond substituents is 1. The molecule has 0 unspecified atom stereocenters. The Labute approximate surface area is 60.5 Å². The van der Waals surface area contributed by atoms with Crippen LogP contribution in [-0.4, -0.2) is 11.7 Å². The van der Waals surface area contributed by atoms with E-state index in [1.54, 1.807) is 18.2 Å². The van der Waals surface area contributed by atoms with Gasteiger partial charge in [0.25, 0.3) is 0 Å². The van der Waals surface area contributed by atoms with Gasteiger partial charge in [-0.25, -0.2) is 0 Å². The van der Waals surface area contributed by atoms with Gasteiger partial charge in [0.2, 0.25) is 0 Å². The van der Waals surface area contributed by atoms with Crippen LogP contribution in [-0.2, 0) is 0 Å². The second-order valence-electron chi connectivity index (χ2n) is 1.96. The third-order valence-corrected chi connectivity index (χ3v) is 1.21. The normalized spacial score (nSPS) is 9.30. The first-order valence-electron chi connectivity index (χ1n) is 3.30. The average Bonchev–Trinajstić information content (AvgIpc) is 1.94. The molecule has 53 valence electrons. The SMILES string of the molecule is CC[N]c1ccccc1O. The fourth-order valence-corrected chi connectivity index (χ4v) is 0.768. The van der Waals surface area contributed by atoms with Gasteiger partial charge in [0.15, 0.2) is 0 Å². The van der Waals surface area contributed by atoms with Crippen LogP contribution in [0.2, 0.25) is 0 Å². The van der Waals surface area contributed by atoms with Crippen molar-refractivity contribution in [1.29, 1.82) is 0 Å². The van der Waals surface area contributed by atoms with Gasteiger partial charge in [0, 0.05) is 6.54 Å². The minimum absolute atomic E-state index is 0.254. The largest absolute Gasteiger partial charge is 0.506 e. The number of benzene rings is 1. The van der Waals surface area contributed by atoms with E-state index in [9.17, 15) is 0 Å². The molecule has 0 heterocycles. The van der Waals surface area contributed by atoms with E-state index in [1.165, 1.54) is 0 Å². The molecular weight excluding hydrogens is 126 g/mol. The number of nitrogens with zero attached hydrogens (tertiary/aromatic N) is 1. The first-order chi connectivity index (χ1) is 4.84. The Bertz CT molecular complexity index is 210. The van der Waals surface area contributed by atoms with Gasteiger partial charge in [-0.05, 0) is 19.1 Å². The maximum atomic E-state index is 9.15. The zero-order chi connectivity index (χ0) is 7.40. The van der Waals surface area contributed by atoms with Crippen molar-refractivity contribution in [1.82, 2.24) is 5.32 Å². The third kappa shape index (κ3) is 1.41. The van der Waals surface area contributed by atoms with Crippen molar-refractivity contribution in [2.24, 2.45) is 0 Å². The summed E-state index contributed by atoms with van der Waals surface area (Å²) in [6.07, 6.45) is 0. The van der Waals surface area contributed by atoms with Gasteiger partial charge >= 0.3 is 0 Å². The quantitative estimate of drug-likeness (QED) is 0.659. The van der Waals surface area contributed by atoms with Gasteiger partial charge < -0.3 is 5.11 Å². The van der Waals surface area contributed by atoms with Gasteiger partial charge in [-0.2, -0.15) is 0 Å². The summed E-state index contributed by atoms with van der Waals surface area (Å²) in [5, 5.41) is 13.2. The lowest BCUT2D eigenvalue weighted by Crippen LogP contribution is -1.94. The second-order valence-corrected chi connectivity index (χ2v) is 1.96. The lowest BCUT2D eigenvalue weighted by atomic mass is 10.3. The van der Waals surface area contributed by atoms with Crippen LogP contribution in [0.3, 0.4) is 0 Å². The number of hydrogen-bond acceptors (Lipinski definition) is 1. The van der Waals surface area contributed by atoms with E-state index in [0.717, 1.165) is 0 Å². The van der Waals surface area contributed by atoms with E-state index in [1.807, 2.05) is 13.0 Å². The summed E-state index contributed by atoms with van der Waals surface area (Å²) in [5.74, 6) is 0.254. The van der Waals surface area contributed by atoms with Crippen LogP contribution in [0.25, 0.3) is 0 Å². The van der Waals surface area contributed by atoms with Crippen molar-refractivity contribution in [3.63, 3.8) is 0 Å². The van der Waals surface area contributed by atoms with Gasteiger partial charge in [-0.1, -0.05) is 12.1 Å². The summed E-state index contributed by atoms with van der Waals surface area (Å²) >= 11 is 0. The Morgan fingerprint density at radius 2 is 2.10 bits per heavy atom. The predicted molar refractivity (Wildman–Crippen MR) is 40.4 cm³/mol. The summed E-state index contributed by atoms with van der Waals surface area (Å²) in [5.41, 5.74) is 0.671. The topological polar surface area (TPSA) is 34.3 Å². The molecule has 2 nitrogen and oxygen atoms in total. The molecule has 1 radical (unpaired) electrons. The van der Waals surface area contributed by atoms with Crippen LogP contribution in [0.5, 0.6) is 5.75 Å². The van der Waals surface area contributed by atoms with E-state index in [4.69, 9.17) is 5.11 Å². The zero-order valence-electron chi connectivity index (χ0n) is 5.91. The minimum Gasteiger partial charge on any atom is -0.506 e. The fraction of sp³-hybridized carbons (Fsp3) is 0.250. The van der Waals surface area contributed by atoms with E-state index in [-0.39, 0.29) is 5.75 Å². The number of rotatable bonds is 2. The smallest absolute Gasteiger partial charge is 0.140 e. The number of phenols is 1. The summed E-state index contributed by atoms with van der Waals surface area (Å²) in [4.78, 5) is 0. The minimum atomic E-state index is 0.254. The second kappa shape index (κ2) is 3.11. The molecule has 1 aromatic rings. The van der Waals surface area contributed by atoms with E-state index >= 15 is 0 Å². The van der Waals surface area contributed by atoms with E-state index < -0.39 is 0 Å². The number of para-hydroxylation sites is 2. The Balaban J connectivity index is 2.81. The van der Waals surface area contributed by atoms with Crippen molar-refractivity contribution < 1.29 is 5.11 Å². The zero-order valence-corrected chi connectivity index (χ0v) is 5.91. The van der Waals surface area contributed by atoms with Crippen LogP contribution < -0.4 is 5.32 Å². The summed E-state index contributed by atoms with van der Waals surface area (Å²) in [6.45, 7) is 2.64. The average molecular weight is 136 g/mol. The van der Waals surface area contributed by atoms with Crippen LogP contribution in [0, 0.1) is 0 Å². The van der Waals surface area contributed by atoms with Crippen molar-refractivity contribution >= 4 is 5.69 Å². The van der Waals surface area contributed by atoms with Crippen LogP contribution in [0.1, 0.15) is 6.92 Å². The number of aromatic hydroxyl groups is 1. The summed E-state index contributed by atoms with van der Waals surface area (Å²) in [6, 6.07) is 7.06. The third-order valence-electron chi connectivity index (χ3n) is 1.21. The maximum Gasteiger partial charge on any atom is 0.140 e. The molecular formula is C8H10NO. The van der Waals surface area contributed by atoms with Crippen molar-refractivity contribution in [3.8, 4) is 5.75 Å². The first-order valence-corrected chi connectivity index (χ1v) is 3.30. The maximum absolute atomic E-state index is 9.15. The van der Waals surface area contributed by atoms with Crippen molar-refractivity contribution in [3.05, 3.63) is 24.3 Å². The highest BCUT2D eigenvalue weighted by Crippen LogP contribution is 2.20. The highest BCUT2D eigenvalue weighted by atomic mass is 16.3. The molecule has 0 atom stereocenters. The van der Waals surface area contributed by atoms with E-state index in [0.29, 0.717) is 12.2 Å². The van der Waals surface area contributed by atoms with Crippen LogP contribution in [0.15, 0.2) is 24.3 Å². The predicted octanol–water partition coefficient (Wildman–Crippen LogP) is 1.65. The standard InChI is InChI=1S/C8H10NO/c1-2-9-7-5-3-4-6-8(7)10/h3-6,10H,2H2,1H3. The molecule has 0 aliphatic heterocycles. The monoisotopic (exact) mass is 136 g/mol. The molecule has 0 bridgehead atoms. The Morgan fingerprint density at radius 1 is 1.40 bits per heavy atom. The molecule has 0 spiro atoms.